The molecule has 3 unspecified atom stereocenters. The van der Waals surface area contributed by atoms with Gasteiger partial charge < -0.3 is 19.9 Å². The van der Waals surface area contributed by atoms with Crippen LogP contribution in [0.5, 0.6) is 0 Å². The summed E-state index contributed by atoms with van der Waals surface area (Å²) in [5.41, 5.74) is 3.99. The number of amides is 1. The van der Waals surface area contributed by atoms with E-state index in [9.17, 15) is 14.7 Å². The summed E-state index contributed by atoms with van der Waals surface area (Å²) in [6, 6.07) is 21.6. The molecule has 4 aromatic rings. The Morgan fingerprint density at radius 2 is 1.80 bits per heavy atom. The molecule has 0 bridgehead atoms. The fourth-order valence-corrected chi connectivity index (χ4v) is 5.25. The Labute approximate surface area is 235 Å². The van der Waals surface area contributed by atoms with Crippen LogP contribution in [0.25, 0.3) is 0 Å². The molecule has 3 atom stereocenters. The van der Waals surface area contributed by atoms with Gasteiger partial charge in [-0.05, 0) is 52.7 Å². The van der Waals surface area contributed by atoms with Crippen LogP contribution in [0.2, 0.25) is 0 Å². The minimum Gasteiger partial charge on any atom is -0.392 e. The van der Waals surface area contributed by atoms with Gasteiger partial charge in [0, 0.05) is 41.6 Å². The van der Waals surface area contributed by atoms with Crippen molar-refractivity contribution in [3.05, 3.63) is 101 Å². The number of tetrazole rings is 1. The highest BCUT2D eigenvalue weighted by Gasteiger charge is 2.33. The van der Waals surface area contributed by atoms with Crippen LogP contribution in [-0.2, 0) is 23.1 Å². The highest BCUT2D eigenvalue weighted by molar-refractivity contribution is 7.99. The average molecular weight is 560 g/mol. The summed E-state index contributed by atoms with van der Waals surface area (Å²) < 4.78 is 14.4. The Morgan fingerprint density at radius 3 is 2.52 bits per heavy atom. The first-order chi connectivity index (χ1) is 19.4. The van der Waals surface area contributed by atoms with E-state index >= 15 is 0 Å². The number of ketones is 1. The number of rotatable bonds is 9. The second kappa shape index (κ2) is 12.5. The van der Waals surface area contributed by atoms with Gasteiger partial charge in [-0.15, -0.1) is 5.10 Å². The minimum atomic E-state index is -0.715. The number of aryl methyl sites for hydroxylation is 1. The van der Waals surface area contributed by atoms with Gasteiger partial charge in [0.15, 0.2) is 12.1 Å². The lowest BCUT2D eigenvalue weighted by atomic mass is 10.0. The van der Waals surface area contributed by atoms with E-state index in [1.165, 1.54) is 18.7 Å². The molecule has 1 fully saturated rings. The number of aliphatic hydroxyl groups excluding tert-OH is 1. The fourth-order valence-electron chi connectivity index (χ4n) is 4.38. The number of anilines is 1. The van der Waals surface area contributed by atoms with Crippen LogP contribution in [0, 0.1) is 0 Å². The van der Waals surface area contributed by atoms with E-state index in [1.54, 1.807) is 54.2 Å². The summed E-state index contributed by atoms with van der Waals surface area (Å²) in [6.07, 6.45) is -0.551. The van der Waals surface area contributed by atoms with E-state index in [0.717, 1.165) is 11.1 Å². The Bertz CT molecular complexity index is 1490. The molecule has 1 saturated heterocycles. The van der Waals surface area contributed by atoms with Crippen molar-refractivity contribution in [1.29, 1.82) is 0 Å². The molecule has 11 heteroatoms. The van der Waals surface area contributed by atoms with Crippen LogP contribution < -0.4 is 5.32 Å². The van der Waals surface area contributed by atoms with Crippen molar-refractivity contribution in [2.75, 3.05) is 11.1 Å². The topological polar surface area (TPSA) is 128 Å². The van der Waals surface area contributed by atoms with Gasteiger partial charge in [-0.2, -0.15) is 0 Å². The molecule has 10 nitrogen and oxygen atoms in total. The number of hydrogen-bond acceptors (Lipinski definition) is 9. The summed E-state index contributed by atoms with van der Waals surface area (Å²) in [6.45, 7) is 1.45. The first kappa shape index (κ1) is 27.7. The van der Waals surface area contributed by atoms with E-state index in [2.05, 4.69) is 20.8 Å². The molecule has 0 spiro atoms. The van der Waals surface area contributed by atoms with E-state index in [-0.39, 0.29) is 30.5 Å². The molecule has 0 aliphatic carbocycles. The van der Waals surface area contributed by atoms with Crippen LogP contribution in [0.15, 0.2) is 78.0 Å². The van der Waals surface area contributed by atoms with Crippen molar-refractivity contribution in [2.24, 2.45) is 7.05 Å². The summed E-state index contributed by atoms with van der Waals surface area (Å²) >= 11 is 1.50. The molecule has 1 aliphatic heterocycles. The summed E-state index contributed by atoms with van der Waals surface area (Å²) in [7, 11) is 1.79. The van der Waals surface area contributed by atoms with Gasteiger partial charge in [0.1, 0.15) is 0 Å². The quantitative estimate of drug-likeness (QED) is 0.225. The zero-order chi connectivity index (χ0) is 28.1. The molecule has 0 saturated carbocycles. The second-order valence-electron chi connectivity index (χ2n) is 9.46. The number of carbonyl (C=O) groups excluding carboxylic acids is 2. The zero-order valence-corrected chi connectivity index (χ0v) is 22.9. The van der Waals surface area contributed by atoms with Crippen LogP contribution in [0.4, 0.5) is 5.69 Å². The van der Waals surface area contributed by atoms with Gasteiger partial charge in [0.05, 0.1) is 18.8 Å². The molecule has 5 rings (SSSR count). The summed E-state index contributed by atoms with van der Waals surface area (Å²) in [5.74, 6) is 0.219. The van der Waals surface area contributed by atoms with Gasteiger partial charge in [-0.3, -0.25) is 9.59 Å². The van der Waals surface area contributed by atoms with Crippen LogP contribution >= 0.6 is 11.8 Å². The third kappa shape index (κ3) is 6.62. The Balaban J connectivity index is 1.36. The van der Waals surface area contributed by atoms with Gasteiger partial charge in [-0.25, -0.2) is 4.68 Å². The smallest absolute Gasteiger partial charge is 0.255 e. The van der Waals surface area contributed by atoms with Crippen molar-refractivity contribution >= 4 is 29.1 Å². The molecule has 0 radical (unpaired) electrons. The predicted molar refractivity (Wildman–Crippen MR) is 149 cm³/mol. The largest absolute Gasteiger partial charge is 0.392 e. The van der Waals surface area contributed by atoms with Gasteiger partial charge in [0.25, 0.3) is 5.91 Å². The Kier molecular flexibility index (Phi) is 8.66. The fraction of sp³-hybridized carbons (Fsp3) is 0.276. The number of aromatic nitrogens is 4. The number of thioether (sulfide) groups is 1. The van der Waals surface area contributed by atoms with Crippen molar-refractivity contribution in [3.8, 4) is 0 Å². The molecule has 1 aliphatic rings. The monoisotopic (exact) mass is 559 g/mol. The Hall–Kier alpha value is -3.90. The second-order valence-corrected chi connectivity index (χ2v) is 10.4. The van der Waals surface area contributed by atoms with Gasteiger partial charge in [-0.1, -0.05) is 60.3 Å². The summed E-state index contributed by atoms with van der Waals surface area (Å²) in [5, 5.41) is 24.6. The van der Waals surface area contributed by atoms with Crippen LogP contribution in [-0.4, -0.2) is 48.9 Å². The maximum absolute atomic E-state index is 13.1. The third-order valence-electron chi connectivity index (χ3n) is 6.54. The zero-order valence-electron chi connectivity index (χ0n) is 22.1. The van der Waals surface area contributed by atoms with Crippen molar-refractivity contribution < 1.29 is 24.2 Å². The third-order valence-corrected chi connectivity index (χ3v) is 7.69. The lowest BCUT2D eigenvalue weighted by Crippen LogP contribution is -2.31. The highest BCUT2D eigenvalue weighted by Crippen LogP contribution is 2.39. The number of ether oxygens (including phenoxy) is 2. The number of nitrogens with one attached hydrogen (secondary N) is 1. The summed E-state index contributed by atoms with van der Waals surface area (Å²) in [4.78, 5) is 24.8. The van der Waals surface area contributed by atoms with E-state index in [4.69, 9.17) is 9.47 Å². The van der Waals surface area contributed by atoms with Crippen molar-refractivity contribution in [2.45, 2.75) is 43.6 Å². The van der Waals surface area contributed by atoms with E-state index < -0.39 is 6.29 Å². The van der Waals surface area contributed by atoms with E-state index in [0.29, 0.717) is 39.7 Å². The van der Waals surface area contributed by atoms with Gasteiger partial charge >= 0.3 is 0 Å². The number of benzene rings is 3. The normalized spacial score (nSPS) is 18.8. The SMILES string of the molecule is CC(=O)c1cccc(NC(=O)c2cccc(C3OC(CSc4nnnn4C)CC(c4ccc(CO)cc4)O3)c2)c1. The number of hydrogen-bond donors (Lipinski definition) is 2. The maximum atomic E-state index is 13.1. The highest BCUT2D eigenvalue weighted by atomic mass is 32.2. The Morgan fingerprint density at radius 1 is 1.02 bits per heavy atom. The number of aliphatic hydroxyl groups is 1. The molecule has 1 aromatic heterocycles. The average Bonchev–Trinajstić information content (AvgIpc) is 3.40. The first-order valence-electron chi connectivity index (χ1n) is 12.8. The van der Waals surface area contributed by atoms with Crippen molar-refractivity contribution in [3.63, 3.8) is 0 Å². The molecule has 3 aromatic carbocycles. The molecule has 40 heavy (non-hydrogen) atoms. The lowest BCUT2D eigenvalue weighted by Gasteiger charge is -2.36. The van der Waals surface area contributed by atoms with Crippen LogP contribution in [0.1, 0.15) is 63.1 Å². The molecule has 206 valence electrons. The molecular formula is C29H29N5O5S. The molecule has 1 amide bonds. The molecular weight excluding hydrogens is 530 g/mol. The van der Waals surface area contributed by atoms with E-state index in [1.807, 2.05) is 30.3 Å². The number of Topliss-reactive ketones (excluding diaryl/α,β-unsaturated/α-hetero) is 1. The lowest BCUT2D eigenvalue weighted by molar-refractivity contribution is -0.245. The molecule has 2 heterocycles. The predicted octanol–water partition coefficient (Wildman–Crippen LogP) is 4.50. The minimum absolute atomic E-state index is 0.0313. The molecule has 2 N–H and O–H groups in total. The van der Waals surface area contributed by atoms with Crippen LogP contribution in [0.3, 0.4) is 0 Å². The van der Waals surface area contributed by atoms with Crippen molar-refractivity contribution in [1.82, 2.24) is 20.2 Å². The maximum Gasteiger partial charge on any atom is 0.255 e. The number of nitrogens with zero attached hydrogens (tertiary/aromatic N) is 4. The number of carbonyl (C=O) groups is 2. The standard InChI is InChI=1S/C29H29N5O5S/c1-18(36)21-5-4-8-24(14-21)30-27(37)22-6-3-7-23(13-22)28-38-25(17-40-29-31-32-33-34(29)2)15-26(39-28)20-11-9-19(16-35)10-12-20/h3-14,25-26,28,35H,15-17H2,1-2H3,(H,30,37). The first-order valence-corrected chi connectivity index (χ1v) is 13.8. The van der Waals surface area contributed by atoms with Gasteiger partial charge in [0.2, 0.25) is 5.16 Å².